The molecule has 0 radical (unpaired) electrons. The van der Waals surface area contributed by atoms with Crippen LogP contribution in [0, 0.1) is 17.8 Å². The molecule has 11 nitrogen and oxygen atoms in total. The number of methoxy groups -OCH3 is 1. The highest BCUT2D eigenvalue weighted by molar-refractivity contribution is 8.00. The van der Waals surface area contributed by atoms with Crippen molar-refractivity contribution in [3.05, 3.63) is 60.2 Å². The van der Waals surface area contributed by atoms with Crippen LogP contribution in [0.1, 0.15) is 92.1 Å². The maximum atomic E-state index is 14.2. The predicted molar refractivity (Wildman–Crippen MR) is 225 cm³/mol. The topological polar surface area (TPSA) is 132 Å². The molecule has 2 aromatic rings. The Morgan fingerprint density at radius 2 is 1.61 bits per heavy atom. The summed E-state index contributed by atoms with van der Waals surface area (Å²) >= 11 is 1.44. The van der Waals surface area contributed by atoms with Crippen molar-refractivity contribution < 1.29 is 29.0 Å². The van der Waals surface area contributed by atoms with Gasteiger partial charge in [0, 0.05) is 39.6 Å². The number of benzene rings is 2. The van der Waals surface area contributed by atoms with Crippen molar-refractivity contribution in [3.63, 3.8) is 0 Å². The molecule has 3 N–H and O–H groups in total. The highest BCUT2D eigenvalue weighted by atomic mass is 32.2. The number of rotatable bonds is 22. The zero-order valence-corrected chi connectivity index (χ0v) is 36.3. The Morgan fingerprint density at radius 1 is 0.946 bits per heavy atom. The molecule has 0 bridgehead atoms. The van der Waals surface area contributed by atoms with Gasteiger partial charge in [0.15, 0.2) is 0 Å². The molecule has 1 saturated heterocycles. The number of para-hydroxylation sites is 1. The van der Waals surface area contributed by atoms with Crippen LogP contribution in [0.25, 0.3) is 0 Å². The van der Waals surface area contributed by atoms with Crippen LogP contribution in [0.5, 0.6) is 5.75 Å². The molecule has 12 heteroatoms. The van der Waals surface area contributed by atoms with Gasteiger partial charge < -0.3 is 30.3 Å². The number of carbonyl (C=O) groups is 4. The minimum absolute atomic E-state index is 0.0144. The number of amides is 4. The second kappa shape index (κ2) is 23.0. The van der Waals surface area contributed by atoms with Crippen molar-refractivity contribution in [2.24, 2.45) is 17.8 Å². The Morgan fingerprint density at radius 3 is 2.20 bits per heavy atom. The van der Waals surface area contributed by atoms with Crippen LogP contribution >= 0.6 is 11.8 Å². The van der Waals surface area contributed by atoms with Crippen LogP contribution in [-0.4, -0.2) is 114 Å². The molecule has 7 unspecified atom stereocenters. The van der Waals surface area contributed by atoms with E-state index in [0.29, 0.717) is 37.1 Å². The van der Waals surface area contributed by atoms with Crippen LogP contribution in [0.4, 0.5) is 0 Å². The van der Waals surface area contributed by atoms with Gasteiger partial charge >= 0.3 is 0 Å². The van der Waals surface area contributed by atoms with E-state index in [9.17, 15) is 24.3 Å². The van der Waals surface area contributed by atoms with Crippen molar-refractivity contribution in [1.29, 1.82) is 0 Å². The molecule has 1 heterocycles. The molecule has 2 aromatic carbocycles. The summed E-state index contributed by atoms with van der Waals surface area (Å²) in [5.41, 5.74) is 1.09. The number of nitrogens with zero attached hydrogens (tertiary/aromatic N) is 3. The van der Waals surface area contributed by atoms with E-state index < -0.39 is 18.2 Å². The van der Waals surface area contributed by atoms with Crippen LogP contribution in [-0.2, 0) is 30.3 Å². The number of carbonyl (C=O) groups excluding carboxylic acids is 4. The normalized spacial score (nSPS) is 17.7. The summed E-state index contributed by atoms with van der Waals surface area (Å²) in [7, 11) is 7.10. The molecule has 0 spiro atoms. The Hall–Kier alpha value is -3.61. The third kappa shape index (κ3) is 13.5. The monoisotopic (exact) mass is 795 g/mol. The second-order valence-electron chi connectivity index (χ2n) is 16.3. The van der Waals surface area contributed by atoms with Gasteiger partial charge in [-0.05, 0) is 75.2 Å². The van der Waals surface area contributed by atoms with Crippen molar-refractivity contribution in [3.8, 4) is 5.75 Å². The number of thioether (sulfide) groups is 1. The maximum Gasteiger partial charge on any atom is 0.245 e. The van der Waals surface area contributed by atoms with Crippen LogP contribution in [0.3, 0.4) is 0 Å². The second-order valence-corrected chi connectivity index (χ2v) is 17.5. The lowest BCUT2D eigenvalue weighted by molar-refractivity contribution is -0.146. The number of phenols is 1. The fourth-order valence-corrected chi connectivity index (χ4v) is 9.12. The van der Waals surface area contributed by atoms with Gasteiger partial charge in [-0.15, -0.1) is 0 Å². The number of ether oxygens (including phenoxy) is 1. The fraction of sp³-hybridized carbons (Fsp3) is 0.636. The molecule has 3 rings (SSSR count). The highest BCUT2D eigenvalue weighted by Crippen LogP contribution is 2.32. The molecule has 7 atom stereocenters. The van der Waals surface area contributed by atoms with Crippen molar-refractivity contribution in [2.45, 2.75) is 133 Å². The number of likely N-dealkylation sites (N-methyl/N-ethyl adjacent to an activating group) is 2. The number of nitrogens with one attached hydrogen (secondary N) is 2. The van der Waals surface area contributed by atoms with E-state index in [0.717, 1.165) is 24.8 Å². The minimum Gasteiger partial charge on any atom is -0.507 e. The smallest absolute Gasteiger partial charge is 0.245 e. The Bertz CT molecular complexity index is 1530. The van der Waals surface area contributed by atoms with E-state index in [2.05, 4.69) is 24.5 Å². The number of phenolic OH excluding ortho intramolecular Hbond substituents is 1. The zero-order chi connectivity index (χ0) is 41.5. The average molecular weight is 796 g/mol. The van der Waals surface area contributed by atoms with E-state index in [-0.39, 0.29) is 71.0 Å². The van der Waals surface area contributed by atoms with E-state index >= 15 is 0 Å². The molecule has 1 aliphatic rings. The van der Waals surface area contributed by atoms with Gasteiger partial charge in [-0.2, -0.15) is 0 Å². The zero-order valence-electron chi connectivity index (χ0n) is 35.5. The average Bonchev–Trinajstić information content (AvgIpc) is 3.62. The van der Waals surface area contributed by atoms with Gasteiger partial charge in [0.2, 0.25) is 23.6 Å². The number of hydrogen-bond acceptors (Lipinski definition) is 8. The summed E-state index contributed by atoms with van der Waals surface area (Å²) in [5, 5.41) is 16.4. The molecular formula is C44H69N5O6S. The Labute approximate surface area is 340 Å². The number of hydrogen-bond donors (Lipinski definition) is 3. The van der Waals surface area contributed by atoms with Crippen LogP contribution < -0.4 is 10.6 Å². The fourth-order valence-electron chi connectivity index (χ4n) is 8.00. The lowest BCUT2D eigenvalue weighted by atomic mass is 9.89. The molecule has 1 fully saturated rings. The molecule has 4 amide bonds. The summed E-state index contributed by atoms with van der Waals surface area (Å²) in [6.07, 6.45) is 4.40. The first-order valence-electron chi connectivity index (χ1n) is 20.4. The number of likely N-dealkylation sites (tertiary alicyclic amines) is 1. The first kappa shape index (κ1) is 46.8. The summed E-state index contributed by atoms with van der Waals surface area (Å²) < 4.78 is 6.03. The van der Waals surface area contributed by atoms with Gasteiger partial charge in [0.1, 0.15) is 11.8 Å². The minimum atomic E-state index is -0.730. The molecule has 0 saturated carbocycles. The van der Waals surface area contributed by atoms with Crippen molar-refractivity contribution in [1.82, 2.24) is 25.3 Å². The lowest BCUT2D eigenvalue weighted by Gasteiger charge is -2.40. The highest BCUT2D eigenvalue weighted by Gasteiger charge is 2.40. The first-order chi connectivity index (χ1) is 26.6. The van der Waals surface area contributed by atoms with E-state index in [4.69, 9.17) is 4.74 Å². The van der Waals surface area contributed by atoms with Gasteiger partial charge in [0.25, 0.3) is 0 Å². The Kier molecular flexibility index (Phi) is 19.2. The summed E-state index contributed by atoms with van der Waals surface area (Å²) in [6, 6.07) is 15.6. The summed E-state index contributed by atoms with van der Waals surface area (Å²) in [6.45, 7) is 12.6. The molecular weight excluding hydrogens is 727 g/mol. The third-order valence-corrected chi connectivity index (χ3v) is 12.3. The van der Waals surface area contributed by atoms with Gasteiger partial charge in [-0.3, -0.25) is 24.1 Å². The van der Waals surface area contributed by atoms with Gasteiger partial charge in [-0.1, -0.05) is 102 Å². The Balaban J connectivity index is 1.65. The largest absolute Gasteiger partial charge is 0.507 e. The summed E-state index contributed by atoms with van der Waals surface area (Å²) in [4.78, 5) is 61.1. The molecule has 312 valence electrons. The van der Waals surface area contributed by atoms with Crippen molar-refractivity contribution >= 4 is 35.4 Å². The molecule has 56 heavy (non-hydrogen) atoms. The first-order valence-corrected chi connectivity index (χ1v) is 21.3. The van der Waals surface area contributed by atoms with E-state index in [1.807, 2.05) is 94.1 Å². The maximum absolute atomic E-state index is 14.2. The van der Waals surface area contributed by atoms with Crippen LogP contribution in [0.2, 0.25) is 0 Å². The predicted octanol–water partition coefficient (Wildman–Crippen LogP) is 6.34. The quantitative estimate of drug-likeness (QED) is 0.0931. The van der Waals surface area contributed by atoms with E-state index in [1.165, 1.54) is 11.8 Å². The van der Waals surface area contributed by atoms with Gasteiger partial charge in [-0.25, -0.2) is 0 Å². The van der Waals surface area contributed by atoms with Gasteiger partial charge in [0.05, 0.1) is 34.9 Å². The lowest BCUT2D eigenvalue weighted by Crippen LogP contribution is -2.59. The van der Waals surface area contributed by atoms with Crippen LogP contribution in [0.15, 0.2) is 59.5 Å². The third-order valence-electron chi connectivity index (χ3n) is 11.1. The number of aromatic hydroxyl groups is 1. The SMILES string of the molecule is CCC(C)C(C(CC(=O)N1CCCC1CCCC(=O)NC(Cc1ccccc1)Sc1ccccc1O)OC)N(C)C(=O)C(NC(=O)C(C(C)C)N(C)C)C(C)C. The summed E-state index contributed by atoms with van der Waals surface area (Å²) in [5.74, 6) is -0.336. The molecule has 0 aliphatic carbocycles. The van der Waals surface area contributed by atoms with E-state index in [1.54, 1.807) is 31.2 Å². The molecule has 1 aliphatic heterocycles. The standard InChI is InChI=1S/C44H69N5O6S/c1-11-31(6)42(48(9)44(54)40(29(2)3)46-43(53)41(30(4)5)47(7)8)35(55-10)28-39(52)49-26-18-22-33(49)21-17-25-37(51)45-38(27-32-19-13-12-14-20-32)56-36-24-16-15-23-34(36)50/h12-16,19-20,23-24,29-31,33,35,38,40-42,50H,11,17-18,21-22,25-28H2,1-10H3,(H,45,51)(H,46,53). The van der Waals surface area contributed by atoms with Crippen molar-refractivity contribution in [2.75, 3.05) is 34.8 Å². The molecule has 0 aromatic heterocycles.